The molecule has 2 heterocycles. The molecular weight excluding hydrogens is 406 g/mol. The molecular formula is C16H24BrCl2FN2O. The first-order valence-electron chi connectivity index (χ1n) is 7.72. The van der Waals surface area contributed by atoms with Crippen molar-refractivity contribution in [1.82, 2.24) is 10.2 Å². The molecule has 1 aromatic rings. The highest BCUT2D eigenvalue weighted by Crippen LogP contribution is 2.36. The molecule has 0 saturated carbocycles. The van der Waals surface area contributed by atoms with Gasteiger partial charge >= 0.3 is 0 Å². The van der Waals surface area contributed by atoms with Gasteiger partial charge in [0.05, 0.1) is 0 Å². The average Bonchev–Trinajstić information content (AvgIpc) is 2.49. The minimum atomic E-state index is -0.161. The van der Waals surface area contributed by atoms with Crippen molar-refractivity contribution in [2.45, 2.75) is 18.9 Å². The predicted molar refractivity (Wildman–Crippen MR) is 99.3 cm³/mol. The van der Waals surface area contributed by atoms with Crippen LogP contribution in [0.2, 0.25) is 0 Å². The van der Waals surface area contributed by atoms with Crippen LogP contribution in [0.15, 0.2) is 22.7 Å². The Balaban J connectivity index is 0.00000132. The van der Waals surface area contributed by atoms with Gasteiger partial charge in [0.1, 0.15) is 5.82 Å². The molecule has 3 rings (SSSR count). The van der Waals surface area contributed by atoms with Crippen molar-refractivity contribution < 1.29 is 9.13 Å². The molecule has 2 fully saturated rings. The third-order valence-electron chi connectivity index (χ3n) is 4.48. The van der Waals surface area contributed by atoms with E-state index < -0.39 is 0 Å². The molecule has 3 nitrogen and oxygen atoms in total. The normalized spacial score (nSPS) is 21.1. The van der Waals surface area contributed by atoms with Crippen molar-refractivity contribution in [2.24, 2.45) is 5.92 Å². The number of hydrogen-bond donors (Lipinski definition) is 1. The lowest BCUT2D eigenvalue weighted by atomic mass is 9.85. The van der Waals surface area contributed by atoms with E-state index in [1.807, 2.05) is 0 Å². The van der Waals surface area contributed by atoms with Gasteiger partial charge in [0.15, 0.2) is 0 Å². The molecule has 1 N–H and O–H groups in total. The number of halogens is 4. The first-order valence-corrected chi connectivity index (χ1v) is 8.52. The summed E-state index contributed by atoms with van der Waals surface area (Å²) < 4.78 is 20.2. The summed E-state index contributed by atoms with van der Waals surface area (Å²) >= 11 is 3.43. The summed E-state index contributed by atoms with van der Waals surface area (Å²) in [5.74, 6) is 0.386. The number of benzene rings is 1. The highest BCUT2D eigenvalue weighted by atomic mass is 79.9. The maximum Gasteiger partial charge on any atom is 0.124 e. The van der Waals surface area contributed by atoms with E-state index in [-0.39, 0.29) is 30.6 Å². The summed E-state index contributed by atoms with van der Waals surface area (Å²) in [4.78, 5) is 2.51. The fourth-order valence-corrected chi connectivity index (χ4v) is 4.00. The molecule has 132 valence electrons. The van der Waals surface area contributed by atoms with Crippen molar-refractivity contribution >= 4 is 40.7 Å². The van der Waals surface area contributed by atoms with Gasteiger partial charge in [0, 0.05) is 49.9 Å². The number of nitrogens with one attached hydrogen (secondary N) is 1. The standard InChI is InChI=1S/C16H22BrFN2O.2ClH/c17-14-9-13(10-15(18)11-14)16(12-1-7-21-8-2-12)20-5-3-19-4-6-20;;/h9-12,16,19H,1-8H2;2*1H/t16-;;/m0../s1. The van der Waals surface area contributed by atoms with Crippen LogP contribution in [-0.2, 0) is 4.74 Å². The predicted octanol–water partition coefficient (Wildman–Crippen LogP) is 3.80. The maximum atomic E-state index is 13.8. The van der Waals surface area contributed by atoms with E-state index in [0.717, 1.165) is 62.3 Å². The molecule has 0 radical (unpaired) electrons. The van der Waals surface area contributed by atoms with Gasteiger partial charge in [-0.1, -0.05) is 15.9 Å². The summed E-state index contributed by atoms with van der Waals surface area (Å²) in [6.07, 6.45) is 2.12. The van der Waals surface area contributed by atoms with E-state index in [1.54, 1.807) is 6.07 Å². The van der Waals surface area contributed by atoms with E-state index in [4.69, 9.17) is 4.74 Å². The number of piperazine rings is 1. The van der Waals surface area contributed by atoms with Gasteiger partial charge in [-0.3, -0.25) is 4.90 Å². The highest BCUT2D eigenvalue weighted by Gasteiger charge is 2.31. The van der Waals surface area contributed by atoms with Crippen LogP contribution in [0.3, 0.4) is 0 Å². The summed E-state index contributed by atoms with van der Waals surface area (Å²) in [5.41, 5.74) is 1.09. The number of ether oxygens (including phenoxy) is 1. The lowest BCUT2D eigenvalue weighted by Crippen LogP contribution is -2.47. The van der Waals surface area contributed by atoms with E-state index in [1.165, 1.54) is 6.07 Å². The van der Waals surface area contributed by atoms with Gasteiger partial charge in [-0.25, -0.2) is 4.39 Å². The smallest absolute Gasteiger partial charge is 0.124 e. The molecule has 7 heteroatoms. The summed E-state index contributed by atoms with van der Waals surface area (Å²) in [6.45, 7) is 5.71. The van der Waals surface area contributed by atoms with Crippen LogP contribution in [0.4, 0.5) is 4.39 Å². The zero-order valence-corrected chi connectivity index (χ0v) is 16.2. The Morgan fingerprint density at radius 2 is 1.78 bits per heavy atom. The Bertz CT molecular complexity index is 445. The van der Waals surface area contributed by atoms with Gasteiger partial charge in [-0.05, 0) is 42.5 Å². The van der Waals surface area contributed by atoms with Crippen LogP contribution in [0, 0.1) is 11.7 Å². The highest BCUT2D eigenvalue weighted by molar-refractivity contribution is 9.10. The number of nitrogens with zero attached hydrogens (tertiary/aromatic N) is 1. The Hall–Kier alpha value is 0.0900. The van der Waals surface area contributed by atoms with Crippen molar-refractivity contribution in [1.29, 1.82) is 0 Å². The topological polar surface area (TPSA) is 24.5 Å². The second-order valence-corrected chi connectivity index (χ2v) is 6.80. The Morgan fingerprint density at radius 3 is 2.39 bits per heavy atom. The van der Waals surface area contributed by atoms with Gasteiger partial charge < -0.3 is 10.1 Å². The van der Waals surface area contributed by atoms with E-state index in [9.17, 15) is 4.39 Å². The van der Waals surface area contributed by atoms with Crippen LogP contribution in [0.25, 0.3) is 0 Å². The van der Waals surface area contributed by atoms with Gasteiger partial charge in [-0.2, -0.15) is 0 Å². The molecule has 0 aliphatic carbocycles. The average molecular weight is 430 g/mol. The Kier molecular flexibility index (Phi) is 9.34. The van der Waals surface area contributed by atoms with Gasteiger partial charge in [0.2, 0.25) is 0 Å². The SMILES string of the molecule is Cl.Cl.Fc1cc(Br)cc([C@H](C2CCOCC2)N2CCNCC2)c1. The zero-order chi connectivity index (χ0) is 14.7. The number of rotatable bonds is 3. The van der Waals surface area contributed by atoms with E-state index >= 15 is 0 Å². The Morgan fingerprint density at radius 1 is 1.13 bits per heavy atom. The molecule has 23 heavy (non-hydrogen) atoms. The molecule has 1 aromatic carbocycles. The van der Waals surface area contributed by atoms with Gasteiger partial charge in [-0.15, -0.1) is 24.8 Å². The minimum Gasteiger partial charge on any atom is -0.381 e. The van der Waals surface area contributed by atoms with E-state index in [2.05, 4.69) is 32.2 Å². The Labute approximate surface area is 158 Å². The van der Waals surface area contributed by atoms with Crippen molar-refractivity contribution in [3.63, 3.8) is 0 Å². The lowest BCUT2D eigenvalue weighted by molar-refractivity contribution is 0.0212. The van der Waals surface area contributed by atoms with Crippen LogP contribution < -0.4 is 5.32 Å². The molecule has 0 unspecified atom stereocenters. The lowest BCUT2D eigenvalue weighted by Gasteiger charge is -2.41. The fraction of sp³-hybridized carbons (Fsp3) is 0.625. The summed E-state index contributed by atoms with van der Waals surface area (Å²) in [7, 11) is 0. The molecule has 0 amide bonds. The second-order valence-electron chi connectivity index (χ2n) is 5.88. The molecule has 0 bridgehead atoms. The largest absolute Gasteiger partial charge is 0.381 e. The molecule has 0 aromatic heterocycles. The van der Waals surface area contributed by atoms with Crippen molar-refractivity contribution in [2.75, 3.05) is 39.4 Å². The molecule has 2 saturated heterocycles. The third-order valence-corrected chi connectivity index (χ3v) is 4.94. The monoisotopic (exact) mass is 428 g/mol. The van der Waals surface area contributed by atoms with Crippen LogP contribution in [0.1, 0.15) is 24.4 Å². The molecule has 2 aliphatic heterocycles. The zero-order valence-electron chi connectivity index (χ0n) is 13.0. The molecule has 2 aliphatic rings. The second kappa shape index (κ2) is 10.2. The first kappa shape index (κ1) is 21.1. The summed E-state index contributed by atoms with van der Waals surface area (Å²) in [6, 6.07) is 5.60. The minimum absolute atomic E-state index is 0. The van der Waals surface area contributed by atoms with Crippen molar-refractivity contribution in [3.8, 4) is 0 Å². The quantitative estimate of drug-likeness (QED) is 0.790. The van der Waals surface area contributed by atoms with Gasteiger partial charge in [0.25, 0.3) is 0 Å². The maximum absolute atomic E-state index is 13.8. The van der Waals surface area contributed by atoms with Crippen LogP contribution in [0.5, 0.6) is 0 Å². The van der Waals surface area contributed by atoms with Crippen LogP contribution >= 0.6 is 40.7 Å². The fourth-order valence-electron chi connectivity index (χ4n) is 3.52. The van der Waals surface area contributed by atoms with Crippen molar-refractivity contribution in [3.05, 3.63) is 34.1 Å². The first-order chi connectivity index (χ1) is 10.2. The molecule has 1 atom stereocenters. The number of hydrogen-bond acceptors (Lipinski definition) is 3. The third kappa shape index (κ3) is 5.55. The van der Waals surface area contributed by atoms with Crippen LogP contribution in [-0.4, -0.2) is 44.3 Å². The summed E-state index contributed by atoms with van der Waals surface area (Å²) in [5, 5.41) is 3.40. The molecule has 0 spiro atoms. The van der Waals surface area contributed by atoms with E-state index in [0.29, 0.717) is 12.0 Å².